The number of nitrogens with zero attached hydrogens (tertiary/aromatic N) is 4. The molecule has 7 nitrogen and oxygen atoms in total. The van der Waals surface area contributed by atoms with Gasteiger partial charge in [0.15, 0.2) is 5.96 Å². The summed E-state index contributed by atoms with van der Waals surface area (Å²) in [7, 11) is 0. The van der Waals surface area contributed by atoms with Crippen LogP contribution >= 0.6 is 35.6 Å². The van der Waals surface area contributed by atoms with E-state index in [-0.39, 0.29) is 24.0 Å². The third-order valence-corrected chi connectivity index (χ3v) is 4.46. The fourth-order valence-corrected chi connectivity index (χ4v) is 3.00. The van der Waals surface area contributed by atoms with E-state index in [1.54, 1.807) is 12.6 Å². The lowest BCUT2D eigenvalue weighted by atomic mass is 10.1. The molecular weight excluding hydrogens is 503 g/mol. The maximum absolute atomic E-state index is 6.06. The van der Waals surface area contributed by atoms with Gasteiger partial charge in [0.1, 0.15) is 24.5 Å². The highest BCUT2D eigenvalue weighted by molar-refractivity contribution is 14.0. The van der Waals surface area contributed by atoms with Crippen LogP contribution in [0.5, 0.6) is 0 Å². The number of rotatable bonds is 9. The minimum Gasteiger partial charge on any atom is -0.467 e. The molecule has 1 aromatic carbocycles. The number of guanidine groups is 1. The zero-order valence-electron chi connectivity index (χ0n) is 16.3. The third-order valence-electron chi connectivity index (χ3n) is 4.23. The van der Waals surface area contributed by atoms with Crippen LogP contribution in [0.25, 0.3) is 0 Å². The molecule has 2 aromatic heterocycles. The average molecular weight is 529 g/mol. The second-order valence-electron chi connectivity index (χ2n) is 6.27. The van der Waals surface area contributed by atoms with Crippen molar-refractivity contribution in [1.29, 1.82) is 0 Å². The maximum Gasteiger partial charge on any atom is 0.191 e. The lowest BCUT2D eigenvalue weighted by Gasteiger charge is -2.13. The third kappa shape index (κ3) is 7.69. The van der Waals surface area contributed by atoms with Crippen molar-refractivity contribution < 1.29 is 4.42 Å². The molecule has 0 fully saturated rings. The van der Waals surface area contributed by atoms with Crippen LogP contribution in [0.2, 0.25) is 5.02 Å². The van der Waals surface area contributed by atoms with Gasteiger partial charge < -0.3 is 19.6 Å². The van der Waals surface area contributed by atoms with Gasteiger partial charge in [-0.1, -0.05) is 30.7 Å². The first-order valence-electron chi connectivity index (χ1n) is 9.40. The van der Waals surface area contributed by atoms with E-state index in [1.165, 1.54) is 5.56 Å². The van der Waals surface area contributed by atoms with E-state index >= 15 is 0 Å². The van der Waals surface area contributed by atoms with Crippen LogP contribution in [0.3, 0.4) is 0 Å². The van der Waals surface area contributed by atoms with Gasteiger partial charge in [-0.05, 0) is 36.2 Å². The monoisotopic (exact) mass is 528 g/mol. The van der Waals surface area contributed by atoms with Crippen molar-refractivity contribution >= 4 is 41.5 Å². The van der Waals surface area contributed by atoms with E-state index in [4.69, 9.17) is 16.0 Å². The molecule has 0 unspecified atom stereocenters. The number of furan rings is 1. The van der Waals surface area contributed by atoms with Gasteiger partial charge in [-0.15, -0.1) is 34.2 Å². The summed E-state index contributed by atoms with van der Waals surface area (Å²) in [4.78, 5) is 4.61. The van der Waals surface area contributed by atoms with Crippen LogP contribution in [-0.4, -0.2) is 33.8 Å². The highest BCUT2D eigenvalue weighted by atomic mass is 127. The lowest BCUT2D eigenvalue weighted by Crippen LogP contribution is -2.40. The molecule has 0 bridgehead atoms. The first kappa shape index (κ1) is 23.2. The van der Waals surface area contributed by atoms with E-state index < -0.39 is 0 Å². The van der Waals surface area contributed by atoms with Crippen LogP contribution in [0.4, 0.5) is 0 Å². The molecule has 156 valence electrons. The Morgan fingerprint density at radius 3 is 2.83 bits per heavy atom. The number of aryl methyl sites for hydroxylation is 1. The minimum atomic E-state index is 0. The second kappa shape index (κ2) is 12.5. The van der Waals surface area contributed by atoms with Gasteiger partial charge in [0.25, 0.3) is 0 Å². The van der Waals surface area contributed by atoms with Crippen LogP contribution < -0.4 is 10.6 Å². The van der Waals surface area contributed by atoms with Crippen molar-refractivity contribution in [3.05, 3.63) is 71.2 Å². The van der Waals surface area contributed by atoms with Crippen molar-refractivity contribution in [3.63, 3.8) is 0 Å². The fraction of sp³-hybridized carbons (Fsp3) is 0.350. The Morgan fingerprint density at radius 1 is 1.21 bits per heavy atom. The summed E-state index contributed by atoms with van der Waals surface area (Å²) in [6, 6.07) is 11.7. The largest absolute Gasteiger partial charge is 0.467 e. The van der Waals surface area contributed by atoms with Crippen molar-refractivity contribution in [1.82, 2.24) is 25.4 Å². The smallest absolute Gasteiger partial charge is 0.191 e. The van der Waals surface area contributed by atoms with Gasteiger partial charge in [-0.3, -0.25) is 0 Å². The van der Waals surface area contributed by atoms with E-state index in [0.29, 0.717) is 13.1 Å². The number of aliphatic imine (C=N–C) groups is 1. The molecule has 3 rings (SSSR count). The number of nitrogens with one attached hydrogen (secondary N) is 2. The van der Waals surface area contributed by atoms with Crippen molar-refractivity contribution in [2.45, 2.75) is 32.9 Å². The molecule has 0 saturated heterocycles. The summed E-state index contributed by atoms with van der Waals surface area (Å²) in [5, 5.41) is 15.6. The van der Waals surface area contributed by atoms with Crippen LogP contribution in [0.15, 0.2) is 58.4 Å². The molecule has 0 aliphatic heterocycles. The summed E-state index contributed by atoms with van der Waals surface area (Å²) in [6.07, 6.45) is 5.13. The Balaban J connectivity index is 0.00000300. The molecule has 0 radical (unpaired) electrons. The van der Waals surface area contributed by atoms with Gasteiger partial charge in [-0.25, -0.2) is 4.99 Å². The minimum absolute atomic E-state index is 0. The number of benzene rings is 1. The number of hydrogen-bond donors (Lipinski definition) is 2. The molecule has 2 N–H and O–H groups in total. The Labute approximate surface area is 193 Å². The van der Waals surface area contributed by atoms with Crippen molar-refractivity contribution in [2.75, 3.05) is 13.1 Å². The molecule has 0 aliphatic rings. The van der Waals surface area contributed by atoms with E-state index in [1.807, 2.05) is 34.9 Å². The highest BCUT2D eigenvalue weighted by Gasteiger charge is 2.04. The van der Waals surface area contributed by atoms with Crippen molar-refractivity contribution in [2.24, 2.45) is 4.99 Å². The predicted octanol–water partition coefficient (Wildman–Crippen LogP) is 3.68. The zero-order valence-corrected chi connectivity index (χ0v) is 19.4. The number of halogens is 2. The summed E-state index contributed by atoms with van der Waals surface area (Å²) in [5.41, 5.74) is 1.18. The second-order valence-corrected chi connectivity index (χ2v) is 6.71. The standard InChI is InChI=1S/C20H25ClN6O.HI/c1-2-19-26-25-15-27(19)11-10-23-20(24-14-18-7-4-12-28-18)22-9-8-16-5-3-6-17(21)13-16;/h3-7,12-13,15H,2,8-11,14H2,1H3,(H2,22,23,24);1H. The van der Waals surface area contributed by atoms with Gasteiger partial charge in [-0.2, -0.15) is 0 Å². The molecule has 0 amide bonds. The van der Waals surface area contributed by atoms with Gasteiger partial charge in [0, 0.05) is 31.1 Å². The quantitative estimate of drug-likeness (QED) is 0.252. The number of aromatic nitrogens is 3. The van der Waals surface area contributed by atoms with Gasteiger partial charge in [0.05, 0.1) is 6.26 Å². The summed E-state index contributed by atoms with van der Waals surface area (Å²) in [6.45, 7) is 4.78. The summed E-state index contributed by atoms with van der Waals surface area (Å²) >= 11 is 6.06. The lowest BCUT2D eigenvalue weighted by molar-refractivity contribution is 0.511. The molecule has 0 aliphatic carbocycles. The fourth-order valence-electron chi connectivity index (χ4n) is 2.79. The SMILES string of the molecule is CCc1nncn1CCNC(=NCc1ccco1)NCCc1cccc(Cl)c1.I. The molecular formula is C20H26ClIN6O. The first-order chi connectivity index (χ1) is 13.7. The van der Waals surface area contributed by atoms with Gasteiger partial charge >= 0.3 is 0 Å². The molecule has 0 atom stereocenters. The average Bonchev–Trinajstić information content (AvgIpc) is 3.37. The van der Waals surface area contributed by atoms with E-state index in [2.05, 4.69) is 38.8 Å². The molecule has 3 aromatic rings. The molecule has 9 heteroatoms. The Morgan fingerprint density at radius 2 is 2.07 bits per heavy atom. The zero-order chi connectivity index (χ0) is 19.6. The first-order valence-corrected chi connectivity index (χ1v) is 9.78. The summed E-state index contributed by atoms with van der Waals surface area (Å²) in [5.74, 6) is 2.54. The predicted molar refractivity (Wildman–Crippen MR) is 126 cm³/mol. The molecule has 29 heavy (non-hydrogen) atoms. The molecule has 0 spiro atoms. The van der Waals surface area contributed by atoms with Crippen LogP contribution in [0, 0.1) is 0 Å². The highest BCUT2D eigenvalue weighted by Crippen LogP contribution is 2.10. The maximum atomic E-state index is 6.06. The van der Waals surface area contributed by atoms with Crippen LogP contribution in [0.1, 0.15) is 24.1 Å². The van der Waals surface area contributed by atoms with Gasteiger partial charge in [0.2, 0.25) is 0 Å². The Bertz CT molecular complexity index is 881. The topological polar surface area (TPSA) is 80.3 Å². The van der Waals surface area contributed by atoms with E-state index in [9.17, 15) is 0 Å². The van der Waals surface area contributed by atoms with Crippen LogP contribution in [-0.2, 0) is 25.9 Å². The Kier molecular flexibility index (Phi) is 9.99. The van der Waals surface area contributed by atoms with Crippen molar-refractivity contribution in [3.8, 4) is 0 Å². The number of hydrogen-bond acceptors (Lipinski definition) is 4. The molecule has 2 heterocycles. The normalized spacial score (nSPS) is 11.2. The molecule has 0 saturated carbocycles. The Hall–Kier alpha value is -2.07. The van der Waals surface area contributed by atoms with E-state index in [0.717, 1.165) is 48.5 Å². The summed E-state index contributed by atoms with van der Waals surface area (Å²) < 4.78 is 7.41.